The Morgan fingerprint density at radius 1 is 1.13 bits per heavy atom. The molecule has 0 amide bonds. The maximum Gasteiger partial charge on any atom is 0.471 e. The third-order valence-corrected chi connectivity index (χ3v) is 7.94. The molecule has 10 nitrogen and oxygen atoms in total. The molecule has 3 aliphatic carbocycles. The zero-order valence-corrected chi connectivity index (χ0v) is 20.4. The van der Waals surface area contributed by atoms with Gasteiger partial charge in [-0.25, -0.2) is 26.8 Å². The summed E-state index contributed by atoms with van der Waals surface area (Å²) in [5, 5.41) is 19.4. The van der Waals surface area contributed by atoms with Gasteiger partial charge in [-0.05, 0) is 64.9 Å². The van der Waals surface area contributed by atoms with Gasteiger partial charge < -0.3 is 14.5 Å². The third-order valence-electron chi connectivity index (χ3n) is 7.50. The second-order valence-corrected chi connectivity index (χ2v) is 10.9. The molecule has 2 aromatic carbocycles. The average molecular weight is 553 g/mol. The SMILES string of the molecule is N#Cc1ccc(C23CC(C(F)(F)C(Cn4cnnn4)(OCOP(=O)(O)O)c4ccc(F)cc4F)(C2)C3)cc1. The zero-order chi connectivity index (χ0) is 27.4. The number of hydrogen-bond acceptors (Lipinski definition) is 7. The highest BCUT2D eigenvalue weighted by Crippen LogP contribution is 2.80. The number of nitrogens with zero attached hydrogens (tertiary/aromatic N) is 5. The average Bonchev–Trinajstić information content (AvgIpc) is 3.29. The van der Waals surface area contributed by atoms with E-state index >= 15 is 13.2 Å². The summed E-state index contributed by atoms with van der Waals surface area (Å²) in [6.45, 7) is -2.22. The monoisotopic (exact) mass is 553 g/mol. The number of tetrazole rings is 1. The molecule has 0 saturated heterocycles. The number of benzene rings is 2. The van der Waals surface area contributed by atoms with E-state index < -0.39 is 60.7 Å². The number of alkyl halides is 2. The first-order valence-corrected chi connectivity index (χ1v) is 12.8. The van der Waals surface area contributed by atoms with Gasteiger partial charge in [0.25, 0.3) is 5.92 Å². The molecule has 2 bridgehead atoms. The van der Waals surface area contributed by atoms with Crippen molar-refractivity contribution in [2.45, 2.75) is 42.7 Å². The molecule has 0 spiro atoms. The normalized spacial score (nSPS) is 24.1. The predicted octanol–water partition coefficient (Wildman–Crippen LogP) is 3.56. The van der Waals surface area contributed by atoms with Crippen molar-refractivity contribution in [3.63, 3.8) is 0 Å². The molecule has 1 heterocycles. The summed E-state index contributed by atoms with van der Waals surface area (Å²) in [5.41, 5.74) is -4.79. The van der Waals surface area contributed by atoms with Gasteiger partial charge in [0.2, 0.25) is 0 Å². The van der Waals surface area contributed by atoms with Gasteiger partial charge >= 0.3 is 7.82 Å². The van der Waals surface area contributed by atoms with Crippen LogP contribution in [-0.2, 0) is 31.4 Å². The van der Waals surface area contributed by atoms with Crippen molar-refractivity contribution in [3.05, 3.63) is 77.1 Å². The number of phosphoric ester groups is 1. The fourth-order valence-electron chi connectivity index (χ4n) is 5.81. The van der Waals surface area contributed by atoms with Crippen molar-refractivity contribution in [2.24, 2.45) is 5.41 Å². The first-order chi connectivity index (χ1) is 17.9. The lowest BCUT2D eigenvalue weighted by molar-refractivity contribution is -0.363. The summed E-state index contributed by atoms with van der Waals surface area (Å²) in [5.74, 6) is -6.28. The lowest BCUT2D eigenvalue weighted by atomic mass is 9.30. The predicted molar refractivity (Wildman–Crippen MR) is 119 cm³/mol. The molecule has 3 fully saturated rings. The van der Waals surface area contributed by atoms with E-state index in [-0.39, 0.29) is 19.3 Å². The molecule has 1 unspecified atom stereocenters. The van der Waals surface area contributed by atoms with Gasteiger partial charge in [0, 0.05) is 17.0 Å². The fourth-order valence-corrected chi connectivity index (χ4v) is 6.00. The first kappa shape index (κ1) is 26.4. The Bertz CT molecular complexity index is 1420. The van der Waals surface area contributed by atoms with Crippen LogP contribution in [0.3, 0.4) is 0 Å². The number of aromatic nitrogens is 4. The minimum Gasteiger partial charge on any atom is -0.335 e. The second kappa shape index (κ2) is 8.93. The van der Waals surface area contributed by atoms with Gasteiger partial charge in [0.1, 0.15) is 18.0 Å². The number of phosphoric acid groups is 1. The van der Waals surface area contributed by atoms with Crippen molar-refractivity contribution in [1.29, 1.82) is 5.26 Å². The summed E-state index contributed by atoms with van der Waals surface area (Å²) < 4.78 is 84.4. The zero-order valence-electron chi connectivity index (χ0n) is 19.5. The van der Waals surface area contributed by atoms with E-state index in [1.54, 1.807) is 24.3 Å². The highest BCUT2D eigenvalue weighted by molar-refractivity contribution is 7.46. The smallest absolute Gasteiger partial charge is 0.335 e. The van der Waals surface area contributed by atoms with Crippen molar-refractivity contribution >= 4 is 7.82 Å². The molecular formula is C23H20F4N5O5P. The maximum atomic E-state index is 16.8. The van der Waals surface area contributed by atoms with Crippen LogP contribution in [0.4, 0.5) is 17.6 Å². The topological polar surface area (TPSA) is 143 Å². The van der Waals surface area contributed by atoms with Crippen LogP contribution >= 0.6 is 7.82 Å². The highest BCUT2D eigenvalue weighted by Gasteiger charge is 2.82. The second-order valence-electron chi connectivity index (χ2n) is 9.69. The Labute approximate surface area is 213 Å². The van der Waals surface area contributed by atoms with E-state index in [1.165, 1.54) is 0 Å². The maximum absolute atomic E-state index is 16.8. The van der Waals surface area contributed by atoms with E-state index in [1.807, 2.05) is 6.07 Å². The van der Waals surface area contributed by atoms with Crippen LogP contribution in [0.25, 0.3) is 0 Å². The van der Waals surface area contributed by atoms with Crippen molar-refractivity contribution in [2.75, 3.05) is 6.79 Å². The van der Waals surface area contributed by atoms with Gasteiger partial charge in [-0.1, -0.05) is 12.1 Å². The van der Waals surface area contributed by atoms with Crippen LogP contribution in [0.5, 0.6) is 0 Å². The number of rotatable bonds is 10. The Kier molecular flexibility index (Phi) is 6.20. The van der Waals surface area contributed by atoms with E-state index in [2.05, 4.69) is 20.0 Å². The molecule has 3 aliphatic rings. The van der Waals surface area contributed by atoms with E-state index in [4.69, 9.17) is 19.8 Å². The van der Waals surface area contributed by atoms with Gasteiger partial charge in [-0.15, -0.1) is 5.10 Å². The molecule has 6 rings (SSSR count). The minimum atomic E-state index is -5.16. The Morgan fingerprint density at radius 2 is 1.82 bits per heavy atom. The molecule has 38 heavy (non-hydrogen) atoms. The van der Waals surface area contributed by atoms with E-state index in [9.17, 15) is 8.96 Å². The van der Waals surface area contributed by atoms with Crippen molar-refractivity contribution < 1.29 is 41.2 Å². The molecule has 3 saturated carbocycles. The van der Waals surface area contributed by atoms with Crippen LogP contribution in [0.15, 0.2) is 48.8 Å². The van der Waals surface area contributed by atoms with E-state index in [0.29, 0.717) is 11.6 Å². The largest absolute Gasteiger partial charge is 0.471 e. The summed E-state index contributed by atoms with van der Waals surface area (Å²) in [6, 6.07) is 10.6. The summed E-state index contributed by atoms with van der Waals surface area (Å²) in [6.07, 6.45) is 0.949. The van der Waals surface area contributed by atoms with Crippen molar-refractivity contribution in [1.82, 2.24) is 20.2 Å². The Balaban J connectivity index is 1.56. The highest BCUT2D eigenvalue weighted by atomic mass is 31.2. The standard InChI is InChI=1S/C23H20F4N5O5P/c24-17-5-6-18(19(25)7-17)22(12-32-13-29-30-31-32,36-14-37-38(33,34)35)23(26,27)21-9-20(10-21,11-21)16-3-1-15(8-28)2-4-16/h1-7,13H,9-12,14H2,(H2,33,34,35). The molecule has 15 heteroatoms. The number of nitriles is 1. The molecule has 2 N–H and O–H groups in total. The lowest BCUT2D eigenvalue weighted by Crippen LogP contribution is -2.76. The number of ether oxygens (including phenoxy) is 1. The molecule has 1 atom stereocenters. The third kappa shape index (κ3) is 4.11. The molecule has 0 aliphatic heterocycles. The van der Waals surface area contributed by atoms with Crippen LogP contribution < -0.4 is 0 Å². The number of hydrogen-bond donors (Lipinski definition) is 2. The van der Waals surface area contributed by atoms with Gasteiger partial charge in [0.15, 0.2) is 12.4 Å². The molecule has 1 aromatic heterocycles. The molecule has 0 radical (unpaired) electrons. The number of halogens is 4. The summed E-state index contributed by atoms with van der Waals surface area (Å²) in [7, 11) is -5.16. The Hall–Kier alpha value is -3.21. The first-order valence-electron chi connectivity index (χ1n) is 11.2. The molecule has 3 aromatic rings. The quantitative estimate of drug-likeness (QED) is 0.219. The van der Waals surface area contributed by atoms with Crippen molar-refractivity contribution in [3.8, 4) is 6.07 Å². The van der Waals surface area contributed by atoms with E-state index in [0.717, 1.165) is 28.7 Å². The lowest BCUT2D eigenvalue weighted by Gasteiger charge is -2.74. The van der Waals surface area contributed by atoms with Crippen LogP contribution in [0, 0.1) is 28.4 Å². The van der Waals surface area contributed by atoms with Crippen LogP contribution in [0.1, 0.15) is 36.0 Å². The van der Waals surface area contributed by atoms with Crippen LogP contribution in [-0.4, -0.2) is 42.7 Å². The van der Waals surface area contributed by atoms with Crippen LogP contribution in [0.2, 0.25) is 0 Å². The molecule has 200 valence electrons. The summed E-state index contributed by atoms with van der Waals surface area (Å²) >= 11 is 0. The Morgan fingerprint density at radius 3 is 2.37 bits per heavy atom. The molecular weight excluding hydrogens is 533 g/mol. The fraction of sp³-hybridized carbons (Fsp3) is 0.391. The summed E-state index contributed by atoms with van der Waals surface area (Å²) in [4.78, 5) is 18.2. The minimum absolute atomic E-state index is 0.0121. The van der Waals surface area contributed by atoms with Gasteiger partial charge in [0.05, 0.1) is 18.2 Å². The van der Waals surface area contributed by atoms with Gasteiger partial charge in [-0.3, -0.25) is 4.52 Å². The van der Waals surface area contributed by atoms with Gasteiger partial charge in [-0.2, -0.15) is 5.26 Å².